The van der Waals surface area contributed by atoms with Crippen LogP contribution in [0.5, 0.6) is 5.75 Å². The monoisotopic (exact) mass is 369 g/mol. The number of benzene rings is 3. The summed E-state index contributed by atoms with van der Waals surface area (Å²) in [6.07, 6.45) is 1.70. The van der Waals surface area contributed by atoms with Crippen LogP contribution in [0.4, 0.5) is 0 Å². The van der Waals surface area contributed by atoms with Gasteiger partial charge in [0.25, 0.3) is 0 Å². The van der Waals surface area contributed by atoms with E-state index in [4.69, 9.17) is 9.47 Å². The SMILES string of the molecule is Cc1ccc(COc2ccccc2/C=C2\N=C(c3ccccc3)OC2=O)cc1. The minimum absolute atomic E-state index is 0.255. The summed E-state index contributed by atoms with van der Waals surface area (Å²) in [6.45, 7) is 2.50. The summed E-state index contributed by atoms with van der Waals surface area (Å²) < 4.78 is 11.3. The third-order valence-electron chi connectivity index (χ3n) is 4.37. The Morgan fingerprint density at radius 1 is 0.929 bits per heavy atom. The molecule has 0 fully saturated rings. The Hall–Kier alpha value is -3.66. The molecule has 0 amide bonds. The van der Waals surface area contributed by atoms with Crippen molar-refractivity contribution in [1.82, 2.24) is 0 Å². The summed E-state index contributed by atoms with van der Waals surface area (Å²) in [7, 11) is 0. The van der Waals surface area contributed by atoms with Crippen molar-refractivity contribution in [3.05, 3.63) is 107 Å². The normalized spacial score (nSPS) is 14.7. The third-order valence-corrected chi connectivity index (χ3v) is 4.37. The van der Waals surface area contributed by atoms with Crippen molar-refractivity contribution in [2.75, 3.05) is 0 Å². The number of hydrogen-bond donors (Lipinski definition) is 0. The molecule has 1 heterocycles. The molecule has 4 heteroatoms. The fraction of sp³-hybridized carbons (Fsp3) is 0.0833. The number of esters is 1. The molecule has 0 spiro atoms. The van der Waals surface area contributed by atoms with Gasteiger partial charge in [-0.2, -0.15) is 0 Å². The van der Waals surface area contributed by atoms with Crippen LogP contribution >= 0.6 is 0 Å². The number of aryl methyl sites for hydroxylation is 1. The van der Waals surface area contributed by atoms with E-state index < -0.39 is 5.97 Å². The molecule has 0 atom stereocenters. The smallest absolute Gasteiger partial charge is 0.363 e. The first-order chi connectivity index (χ1) is 13.7. The van der Waals surface area contributed by atoms with E-state index in [1.54, 1.807) is 6.08 Å². The molecule has 0 aliphatic carbocycles. The standard InChI is InChI=1S/C24H19NO3/c1-17-11-13-18(14-12-17)16-27-22-10-6-5-9-20(22)15-21-24(26)28-23(25-21)19-7-3-2-4-8-19/h2-15H,16H2,1H3/b21-15-. The fourth-order valence-electron chi connectivity index (χ4n) is 2.84. The van der Waals surface area contributed by atoms with Gasteiger partial charge in [0.2, 0.25) is 5.90 Å². The quantitative estimate of drug-likeness (QED) is 0.474. The van der Waals surface area contributed by atoms with Crippen LogP contribution in [-0.2, 0) is 16.1 Å². The van der Waals surface area contributed by atoms with Gasteiger partial charge in [-0.05, 0) is 36.8 Å². The van der Waals surface area contributed by atoms with Crippen molar-refractivity contribution < 1.29 is 14.3 Å². The van der Waals surface area contributed by atoms with E-state index in [1.165, 1.54) is 5.56 Å². The van der Waals surface area contributed by atoms with Gasteiger partial charge < -0.3 is 9.47 Å². The van der Waals surface area contributed by atoms with E-state index in [0.717, 1.165) is 16.7 Å². The number of para-hydroxylation sites is 1. The molecule has 4 nitrogen and oxygen atoms in total. The van der Waals surface area contributed by atoms with Gasteiger partial charge in [0.05, 0.1) is 0 Å². The first-order valence-corrected chi connectivity index (χ1v) is 9.04. The second kappa shape index (κ2) is 7.92. The second-order valence-corrected chi connectivity index (χ2v) is 6.51. The summed E-state index contributed by atoms with van der Waals surface area (Å²) in [5, 5.41) is 0. The van der Waals surface area contributed by atoms with Crippen LogP contribution < -0.4 is 4.74 Å². The molecule has 0 unspecified atom stereocenters. The maximum absolute atomic E-state index is 12.2. The number of hydrogen-bond acceptors (Lipinski definition) is 4. The van der Waals surface area contributed by atoms with Crippen LogP contribution in [-0.4, -0.2) is 11.9 Å². The topological polar surface area (TPSA) is 47.9 Å². The zero-order chi connectivity index (χ0) is 19.3. The van der Waals surface area contributed by atoms with E-state index in [1.807, 2.05) is 66.7 Å². The molecule has 0 N–H and O–H groups in total. The zero-order valence-electron chi connectivity index (χ0n) is 15.5. The minimum atomic E-state index is -0.466. The van der Waals surface area contributed by atoms with Crippen molar-refractivity contribution in [1.29, 1.82) is 0 Å². The van der Waals surface area contributed by atoms with Crippen molar-refractivity contribution in [2.45, 2.75) is 13.5 Å². The maximum Gasteiger partial charge on any atom is 0.363 e. The van der Waals surface area contributed by atoms with Crippen molar-refractivity contribution in [3.8, 4) is 5.75 Å². The van der Waals surface area contributed by atoms with Crippen LogP contribution in [0.15, 0.2) is 89.6 Å². The Balaban J connectivity index is 1.57. The van der Waals surface area contributed by atoms with Gasteiger partial charge in [-0.15, -0.1) is 0 Å². The summed E-state index contributed by atoms with van der Waals surface area (Å²) in [4.78, 5) is 16.6. The lowest BCUT2D eigenvalue weighted by Crippen LogP contribution is -2.05. The van der Waals surface area contributed by atoms with E-state index in [0.29, 0.717) is 18.3 Å². The molecule has 3 aromatic carbocycles. The lowest BCUT2D eigenvalue weighted by atomic mass is 10.1. The minimum Gasteiger partial charge on any atom is -0.488 e. The molecule has 0 radical (unpaired) electrons. The predicted octanol–water partition coefficient (Wildman–Crippen LogP) is 4.92. The summed E-state index contributed by atoms with van der Waals surface area (Å²) in [5.74, 6) is 0.536. The summed E-state index contributed by atoms with van der Waals surface area (Å²) >= 11 is 0. The van der Waals surface area contributed by atoms with Crippen LogP contribution in [0.2, 0.25) is 0 Å². The summed E-state index contributed by atoms with van der Waals surface area (Å²) in [5.41, 5.74) is 4.09. The highest BCUT2D eigenvalue weighted by atomic mass is 16.6. The molecule has 0 saturated heterocycles. The van der Waals surface area contributed by atoms with Crippen LogP contribution in [0.1, 0.15) is 22.3 Å². The fourth-order valence-corrected chi connectivity index (χ4v) is 2.84. The number of carbonyl (C=O) groups is 1. The zero-order valence-corrected chi connectivity index (χ0v) is 15.5. The van der Waals surface area contributed by atoms with E-state index in [-0.39, 0.29) is 5.70 Å². The lowest BCUT2D eigenvalue weighted by Gasteiger charge is -2.09. The van der Waals surface area contributed by atoms with E-state index in [9.17, 15) is 4.79 Å². The number of cyclic esters (lactones) is 1. The molecular formula is C24H19NO3. The molecule has 1 aliphatic rings. The largest absolute Gasteiger partial charge is 0.488 e. The van der Waals surface area contributed by atoms with E-state index >= 15 is 0 Å². The number of aliphatic imine (C=N–C) groups is 1. The van der Waals surface area contributed by atoms with Gasteiger partial charge in [-0.25, -0.2) is 9.79 Å². The van der Waals surface area contributed by atoms with Gasteiger partial charge in [0.15, 0.2) is 5.70 Å². The first kappa shape index (κ1) is 17.7. The van der Waals surface area contributed by atoms with Crippen molar-refractivity contribution in [3.63, 3.8) is 0 Å². The predicted molar refractivity (Wildman–Crippen MR) is 109 cm³/mol. The Bertz CT molecular complexity index is 1050. The highest BCUT2D eigenvalue weighted by molar-refractivity contribution is 6.12. The Morgan fingerprint density at radius 3 is 2.43 bits per heavy atom. The average molecular weight is 369 g/mol. The van der Waals surface area contributed by atoms with Crippen molar-refractivity contribution >= 4 is 17.9 Å². The molecule has 0 aromatic heterocycles. The van der Waals surface area contributed by atoms with Crippen LogP contribution in [0.3, 0.4) is 0 Å². The molecule has 1 aliphatic heterocycles. The molecule has 0 bridgehead atoms. The number of carbonyl (C=O) groups excluding carboxylic acids is 1. The van der Waals surface area contributed by atoms with Gasteiger partial charge in [-0.3, -0.25) is 0 Å². The average Bonchev–Trinajstić information content (AvgIpc) is 3.10. The highest BCUT2D eigenvalue weighted by Gasteiger charge is 2.24. The van der Waals surface area contributed by atoms with E-state index in [2.05, 4.69) is 24.0 Å². The highest BCUT2D eigenvalue weighted by Crippen LogP contribution is 2.25. The van der Waals surface area contributed by atoms with Crippen LogP contribution in [0, 0.1) is 6.92 Å². The molecule has 4 rings (SSSR count). The summed E-state index contributed by atoms with van der Waals surface area (Å²) in [6, 6.07) is 25.1. The van der Waals surface area contributed by atoms with Crippen LogP contribution in [0.25, 0.3) is 6.08 Å². The number of nitrogens with zero attached hydrogens (tertiary/aromatic N) is 1. The lowest BCUT2D eigenvalue weighted by molar-refractivity contribution is -0.129. The Kier molecular flexibility index (Phi) is 5.02. The van der Waals surface area contributed by atoms with Crippen molar-refractivity contribution in [2.24, 2.45) is 4.99 Å². The molecule has 3 aromatic rings. The molecule has 28 heavy (non-hydrogen) atoms. The van der Waals surface area contributed by atoms with Gasteiger partial charge in [0.1, 0.15) is 12.4 Å². The maximum atomic E-state index is 12.2. The number of ether oxygens (including phenoxy) is 2. The second-order valence-electron chi connectivity index (χ2n) is 6.51. The Morgan fingerprint density at radius 2 is 1.64 bits per heavy atom. The first-order valence-electron chi connectivity index (χ1n) is 9.04. The van der Waals surface area contributed by atoms with Gasteiger partial charge in [0, 0.05) is 11.1 Å². The molecule has 138 valence electrons. The Labute approximate surface area is 163 Å². The number of rotatable bonds is 5. The van der Waals surface area contributed by atoms with Gasteiger partial charge >= 0.3 is 5.97 Å². The third kappa shape index (κ3) is 4.01. The molecule has 0 saturated carbocycles. The van der Waals surface area contributed by atoms with Gasteiger partial charge in [-0.1, -0.05) is 66.2 Å². The molecular weight excluding hydrogens is 350 g/mol.